The van der Waals surface area contributed by atoms with Gasteiger partial charge in [-0.15, -0.1) is 12.3 Å². The van der Waals surface area contributed by atoms with Gasteiger partial charge in [0.25, 0.3) is 0 Å². The minimum Gasteiger partial charge on any atom is -0.343 e. The Labute approximate surface area is 385 Å². The van der Waals surface area contributed by atoms with Gasteiger partial charge in [-0.25, -0.2) is 0 Å². The molecule has 2 fully saturated rings. The van der Waals surface area contributed by atoms with Crippen LogP contribution in [0.4, 0.5) is 0 Å². The quantitative estimate of drug-likeness (QED) is 0.0261. The predicted octanol–water partition coefficient (Wildman–Crippen LogP) is 19.9. The number of carbonyl (C=O) groups excluding carboxylic acids is 1. The molecule has 0 spiro atoms. The lowest BCUT2D eigenvalue weighted by Crippen LogP contribution is -2.33. The van der Waals surface area contributed by atoms with Crippen molar-refractivity contribution in [1.82, 2.24) is 4.90 Å². The molecule has 0 aliphatic heterocycles. The molecule has 0 radical (unpaired) electrons. The van der Waals surface area contributed by atoms with E-state index in [0.717, 1.165) is 62.9 Å². The van der Waals surface area contributed by atoms with Crippen LogP contribution in [0.15, 0.2) is 42.7 Å². The second kappa shape index (κ2) is 42.4. The van der Waals surface area contributed by atoms with E-state index in [4.69, 9.17) is 0 Å². The van der Waals surface area contributed by atoms with Crippen LogP contribution in [-0.4, -0.2) is 23.9 Å². The molecule has 61 heavy (non-hydrogen) atoms. The van der Waals surface area contributed by atoms with Crippen molar-refractivity contribution in [3.63, 3.8) is 0 Å². The van der Waals surface area contributed by atoms with E-state index >= 15 is 0 Å². The van der Waals surface area contributed by atoms with E-state index < -0.39 is 0 Å². The van der Waals surface area contributed by atoms with Gasteiger partial charge in [0.05, 0.1) is 0 Å². The Morgan fingerprint density at radius 1 is 0.656 bits per heavy atom. The first-order valence-electron chi connectivity index (χ1n) is 27.7. The number of hydrogen-bond donors (Lipinski definition) is 0. The van der Waals surface area contributed by atoms with E-state index in [1.807, 2.05) is 13.8 Å². The highest BCUT2D eigenvalue weighted by molar-refractivity contribution is 5.76. The normalized spacial score (nSPS) is 16.6. The molecule has 0 saturated heterocycles. The van der Waals surface area contributed by atoms with Crippen LogP contribution in [0, 0.1) is 29.1 Å². The molecule has 358 valence electrons. The second-order valence-electron chi connectivity index (χ2n) is 20.2. The first-order valence-corrected chi connectivity index (χ1v) is 27.7. The largest absolute Gasteiger partial charge is 0.343 e. The van der Waals surface area contributed by atoms with Crippen molar-refractivity contribution in [2.24, 2.45) is 29.1 Å². The molecule has 2 saturated carbocycles. The van der Waals surface area contributed by atoms with Gasteiger partial charge in [0.15, 0.2) is 0 Å². The lowest BCUT2D eigenvalue weighted by atomic mass is 9.93. The molecule has 0 aromatic rings. The third kappa shape index (κ3) is 35.5. The average molecular weight is 851 g/mol. The molecule has 2 unspecified atom stereocenters. The number of carbonyl (C=O) groups is 1. The Balaban J connectivity index is 0.00000159. The standard InChI is InChI=1S/C40H71NO.C17H34.C2H6/c1-6-9-11-13-15-20-37(21-16-14-12-10-7-2)28-27-36(8-3)23-18-32-41(33-19-29-40(5)30-31-40)39(42)24-17-22-38-26-25-35(4)34-38;1-4-7-9-11-13-15-17(6-3)16-14-12-10-8-5-2;1-2/h27-28,35,37-38H,3,6-7,9-26,29-34H2,1-2,4-5H3;6,17H,3-5,7-16H2,1-2H3;1-2H3/b28-27-;;. The van der Waals surface area contributed by atoms with Gasteiger partial charge in [0.2, 0.25) is 5.91 Å². The van der Waals surface area contributed by atoms with Gasteiger partial charge in [-0.2, -0.15) is 0 Å². The van der Waals surface area contributed by atoms with Crippen LogP contribution in [0.2, 0.25) is 0 Å². The van der Waals surface area contributed by atoms with Crippen molar-refractivity contribution in [1.29, 1.82) is 0 Å². The van der Waals surface area contributed by atoms with Crippen LogP contribution in [0.3, 0.4) is 0 Å². The Morgan fingerprint density at radius 2 is 1.13 bits per heavy atom. The molecule has 0 bridgehead atoms. The van der Waals surface area contributed by atoms with E-state index in [2.05, 4.69) is 83.6 Å². The van der Waals surface area contributed by atoms with Gasteiger partial charge in [0.1, 0.15) is 0 Å². The summed E-state index contributed by atoms with van der Waals surface area (Å²) in [4.78, 5) is 15.5. The Bertz CT molecular complexity index is 1030. The van der Waals surface area contributed by atoms with Crippen LogP contribution in [0.1, 0.15) is 287 Å². The van der Waals surface area contributed by atoms with Gasteiger partial charge in [-0.3, -0.25) is 4.79 Å². The van der Waals surface area contributed by atoms with E-state index in [1.54, 1.807) is 0 Å². The Kier molecular flexibility index (Phi) is 41.4. The number of nitrogens with zero attached hydrogens (tertiary/aromatic N) is 1. The van der Waals surface area contributed by atoms with Gasteiger partial charge >= 0.3 is 0 Å². The monoisotopic (exact) mass is 850 g/mol. The number of unbranched alkanes of at least 4 members (excludes halogenated alkanes) is 16. The first-order chi connectivity index (χ1) is 29.7. The highest BCUT2D eigenvalue weighted by atomic mass is 16.2. The van der Waals surface area contributed by atoms with E-state index in [0.29, 0.717) is 17.2 Å². The lowest BCUT2D eigenvalue weighted by molar-refractivity contribution is -0.131. The van der Waals surface area contributed by atoms with Crippen LogP contribution in [0.5, 0.6) is 0 Å². The maximum Gasteiger partial charge on any atom is 0.222 e. The van der Waals surface area contributed by atoms with Crippen molar-refractivity contribution >= 4 is 5.91 Å². The summed E-state index contributed by atoms with van der Waals surface area (Å²) in [6.45, 7) is 27.8. The highest BCUT2D eigenvalue weighted by Crippen LogP contribution is 2.48. The van der Waals surface area contributed by atoms with Gasteiger partial charge < -0.3 is 4.90 Å². The smallest absolute Gasteiger partial charge is 0.222 e. The van der Waals surface area contributed by atoms with E-state index in [1.165, 1.54) is 205 Å². The summed E-state index contributed by atoms with van der Waals surface area (Å²) in [6, 6.07) is 0. The number of rotatable bonds is 39. The summed E-state index contributed by atoms with van der Waals surface area (Å²) in [5.74, 6) is 3.62. The zero-order valence-electron chi connectivity index (χ0n) is 43.2. The molecule has 2 aliphatic carbocycles. The highest BCUT2D eigenvalue weighted by Gasteiger charge is 2.36. The number of amides is 1. The minimum absolute atomic E-state index is 0.396. The topological polar surface area (TPSA) is 20.3 Å². The zero-order valence-corrected chi connectivity index (χ0v) is 43.2. The van der Waals surface area contributed by atoms with Crippen LogP contribution in [-0.2, 0) is 4.79 Å². The predicted molar refractivity (Wildman–Crippen MR) is 277 cm³/mol. The summed E-state index contributed by atoms with van der Waals surface area (Å²) in [6.07, 6.45) is 54.4. The molecule has 0 N–H and O–H groups in total. The maximum absolute atomic E-state index is 13.3. The van der Waals surface area contributed by atoms with Gasteiger partial charge in [-0.1, -0.05) is 221 Å². The molecule has 2 rings (SSSR count). The van der Waals surface area contributed by atoms with E-state index in [9.17, 15) is 4.79 Å². The maximum atomic E-state index is 13.3. The van der Waals surface area contributed by atoms with Crippen LogP contribution < -0.4 is 0 Å². The third-order valence-corrected chi connectivity index (χ3v) is 14.2. The second-order valence-corrected chi connectivity index (χ2v) is 20.2. The fourth-order valence-corrected chi connectivity index (χ4v) is 9.51. The molecule has 2 nitrogen and oxygen atoms in total. The summed E-state index contributed by atoms with van der Waals surface area (Å²) in [5.41, 5.74) is 5.04. The van der Waals surface area contributed by atoms with Crippen LogP contribution in [0.25, 0.3) is 0 Å². The van der Waals surface area contributed by atoms with Crippen molar-refractivity contribution in [2.75, 3.05) is 13.1 Å². The molecule has 2 heteroatoms. The van der Waals surface area contributed by atoms with Gasteiger partial charge in [0, 0.05) is 19.5 Å². The summed E-state index contributed by atoms with van der Waals surface area (Å²) in [7, 11) is 0. The molecule has 0 aromatic carbocycles. The Morgan fingerprint density at radius 3 is 1.56 bits per heavy atom. The fraction of sp³-hybridized carbons (Fsp3) is 0.864. The molecule has 2 atom stereocenters. The third-order valence-electron chi connectivity index (χ3n) is 14.2. The lowest BCUT2D eigenvalue weighted by Gasteiger charge is -2.24. The van der Waals surface area contributed by atoms with Crippen LogP contribution >= 0.6 is 0 Å². The van der Waals surface area contributed by atoms with E-state index in [-0.39, 0.29) is 0 Å². The Hall–Kier alpha value is -1.53. The zero-order chi connectivity index (χ0) is 45.2. The first kappa shape index (κ1) is 59.5. The summed E-state index contributed by atoms with van der Waals surface area (Å²) < 4.78 is 0. The summed E-state index contributed by atoms with van der Waals surface area (Å²) in [5, 5.41) is 0. The molecular formula is C59H111NO. The van der Waals surface area contributed by atoms with Gasteiger partial charge in [-0.05, 0) is 118 Å². The molecule has 1 amide bonds. The fourth-order valence-electron chi connectivity index (χ4n) is 9.51. The van der Waals surface area contributed by atoms with Crippen molar-refractivity contribution in [3.8, 4) is 0 Å². The van der Waals surface area contributed by atoms with Crippen molar-refractivity contribution in [2.45, 2.75) is 287 Å². The number of hydrogen-bond acceptors (Lipinski definition) is 1. The molecular weight excluding hydrogens is 739 g/mol. The average Bonchev–Trinajstić information content (AvgIpc) is 3.86. The molecule has 2 aliphatic rings. The summed E-state index contributed by atoms with van der Waals surface area (Å²) >= 11 is 0. The minimum atomic E-state index is 0.396. The SMILES string of the molecule is C=C=C(/C=C\C(CCCCCCC)CCCCCCC)CCCN(CCCC1(C)CC1)C(=O)CCCC1CCC(C)C1.C=CC(CCCCCCC)CCCCCCC.CC. The van der Waals surface area contributed by atoms with Crippen molar-refractivity contribution < 1.29 is 4.79 Å². The number of allylic oxidation sites excluding steroid dienone is 4. The van der Waals surface area contributed by atoms with Crippen molar-refractivity contribution in [3.05, 3.63) is 42.7 Å². The molecule has 0 aromatic heterocycles. The molecule has 0 heterocycles.